The standard InChI is InChI=1S/C30H25ClN2O7/c1-14-8-22-19(12-21(14)31)15(2)27(39-22)30(34)38-17-6-7-18-23(11-17)40-29(33)20(13-32)26(18)16-9-24(35-3)28(37-5)25(10-16)36-4/h6-12,26H,33H2,1-5H3. The molecule has 10 heteroatoms. The smallest absolute Gasteiger partial charge is 0.379 e. The topological polar surface area (TPSA) is 126 Å². The number of carbonyl (C=O) groups excluding carboxylic acids is 1. The first-order valence-electron chi connectivity index (χ1n) is 12.1. The van der Waals surface area contributed by atoms with Gasteiger partial charge in [-0.05, 0) is 55.3 Å². The van der Waals surface area contributed by atoms with Crippen molar-refractivity contribution in [2.45, 2.75) is 19.8 Å². The summed E-state index contributed by atoms with van der Waals surface area (Å²) in [7, 11) is 4.53. The zero-order chi connectivity index (χ0) is 28.7. The van der Waals surface area contributed by atoms with Gasteiger partial charge >= 0.3 is 5.97 Å². The number of allylic oxidation sites excluding steroid dienone is 1. The molecule has 2 N–H and O–H groups in total. The van der Waals surface area contributed by atoms with Gasteiger partial charge in [0, 0.05) is 27.6 Å². The number of carbonyl (C=O) groups is 1. The van der Waals surface area contributed by atoms with E-state index in [4.69, 9.17) is 45.4 Å². The van der Waals surface area contributed by atoms with Crippen LogP contribution < -0.4 is 29.4 Å². The van der Waals surface area contributed by atoms with Gasteiger partial charge in [-0.3, -0.25) is 0 Å². The van der Waals surface area contributed by atoms with E-state index >= 15 is 0 Å². The van der Waals surface area contributed by atoms with Gasteiger partial charge in [0.15, 0.2) is 11.5 Å². The van der Waals surface area contributed by atoms with Crippen molar-refractivity contribution in [3.05, 3.63) is 87.0 Å². The van der Waals surface area contributed by atoms with Crippen LogP contribution in [0.25, 0.3) is 11.0 Å². The van der Waals surface area contributed by atoms with Gasteiger partial charge in [-0.25, -0.2) is 4.79 Å². The molecule has 40 heavy (non-hydrogen) atoms. The largest absolute Gasteiger partial charge is 0.493 e. The molecule has 3 aromatic carbocycles. The monoisotopic (exact) mass is 560 g/mol. The van der Waals surface area contributed by atoms with Gasteiger partial charge in [0.2, 0.25) is 17.4 Å². The first kappa shape index (κ1) is 26.8. The number of nitrogens with zero attached hydrogens (tertiary/aromatic N) is 1. The summed E-state index contributed by atoms with van der Waals surface area (Å²) in [5.74, 6) is 0.483. The predicted molar refractivity (Wildman–Crippen MR) is 147 cm³/mol. The molecule has 0 fully saturated rings. The van der Waals surface area contributed by atoms with E-state index in [1.54, 1.807) is 43.3 Å². The van der Waals surface area contributed by atoms with Crippen molar-refractivity contribution in [2.75, 3.05) is 21.3 Å². The Labute approximate surface area is 235 Å². The summed E-state index contributed by atoms with van der Waals surface area (Å²) < 4.78 is 33.7. The van der Waals surface area contributed by atoms with Gasteiger partial charge in [-0.1, -0.05) is 17.7 Å². The third-order valence-corrected chi connectivity index (χ3v) is 7.23. The van der Waals surface area contributed by atoms with Gasteiger partial charge < -0.3 is 33.8 Å². The molecule has 1 aromatic heterocycles. The number of furan rings is 1. The third-order valence-electron chi connectivity index (χ3n) is 6.82. The Bertz CT molecular complexity index is 1720. The summed E-state index contributed by atoms with van der Waals surface area (Å²) in [5, 5.41) is 11.3. The summed E-state index contributed by atoms with van der Waals surface area (Å²) in [5.41, 5.74) is 9.66. The van der Waals surface area contributed by atoms with Crippen LogP contribution in [-0.2, 0) is 0 Å². The minimum Gasteiger partial charge on any atom is -0.493 e. The van der Waals surface area contributed by atoms with Crippen molar-refractivity contribution in [3.8, 4) is 34.8 Å². The van der Waals surface area contributed by atoms with E-state index in [0.717, 1.165) is 10.9 Å². The number of halogens is 1. The fraction of sp³-hybridized carbons (Fsp3) is 0.200. The number of rotatable bonds is 6. The van der Waals surface area contributed by atoms with Crippen molar-refractivity contribution >= 4 is 28.5 Å². The fourth-order valence-corrected chi connectivity index (χ4v) is 4.96. The molecule has 0 spiro atoms. The Balaban J connectivity index is 1.53. The van der Waals surface area contributed by atoms with Crippen LogP contribution >= 0.6 is 11.6 Å². The Morgan fingerprint density at radius 2 is 1.73 bits per heavy atom. The highest BCUT2D eigenvalue weighted by Gasteiger charge is 2.33. The number of esters is 1. The minimum absolute atomic E-state index is 0.0665. The number of ether oxygens (including phenoxy) is 5. The average Bonchev–Trinajstić information content (AvgIpc) is 3.26. The van der Waals surface area contributed by atoms with Crippen molar-refractivity contribution in [2.24, 2.45) is 5.73 Å². The van der Waals surface area contributed by atoms with E-state index in [9.17, 15) is 10.1 Å². The minimum atomic E-state index is -0.680. The molecule has 5 rings (SSSR count). The molecule has 0 saturated carbocycles. The quantitative estimate of drug-likeness (QED) is 0.218. The predicted octanol–water partition coefficient (Wildman–Crippen LogP) is 6.17. The SMILES string of the molecule is COc1cc(C2C(C#N)=C(N)Oc3cc(OC(=O)c4oc5cc(C)c(Cl)cc5c4C)ccc32)cc(OC)c1OC. The van der Waals surface area contributed by atoms with Crippen LogP contribution in [0, 0.1) is 25.2 Å². The number of nitrogens with two attached hydrogens (primary N) is 1. The number of methoxy groups -OCH3 is 3. The lowest BCUT2D eigenvalue weighted by Gasteiger charge is -2.27. The number of hydrogen-bond acceptors (Lipinski definition) is 9. The Kier molecular flexibility index (Phi) is 6.96. The first-order chi connectivity index (χ1) is 19.2. The Hall–Kier alpha value is -4.81. The molecule has 1 aliphatic heterocycles. The average molecular weight is 561 g/mol. The maximum absolute atomic E-state index is 13.1. The number of hydrogen-bond donors (Lipinski definition) is 1. The molecule has 2 heterocycles. The summed E-state index contributed by atoms with van der Waals surface area (Å²) in [4.78, 5) is 13.1. The summed E-state index contributed by atoms with van der Waals surface area (Å²) in [6, 6.07) is 14.1. The van der Waals surface area contributed by atoms with Crippen LogP contribution in [0.2, 0.25) is 5.02 Å². The van der Waals surface area contributed by atoms with Crippen molar-refractivity contribution in [3.63, 3.8) is 0 Å². The lowest BCUT2D eigenvalue weighted by molar-refractivity contribution is 0.0702. The normalized spacial score (nSPS) is 14.3. The molecule has 1 atom stereocenters. The molecule has 4 aromatic rings. The highest BCUT2D eigenvalue weighted by atomic mass is 35.5. The second kappa shape index (κ2) is 10.4. The summed E-state index contributed by atoms with van der Waals surface area (Å²) in [6.07, 6.45) is 0. The molecular weight excluding hydrogens is 536 g/mol. The molecule has 0 saturated heterocycles. The number of nitriles is 1. The molecule has 204 valence electrons. The highest BCUT2D eigenvalue weighted by molar-refractivity contribution is 6.32. The van der Waals surface area contributed by atoms with Crippen molar-refractivity contribution < 1.29 is 32.9 Å². The van der Waals surface area contributed by atoms with Crippen LogP contribution in [0.5, 0.6) is 28.7 Å². The number of aryl methyl sites for hydroxylation is 2. The van der Waals surface area contributed by atoms with Gasteiger partial charge in [-0.15, -0.1) is 0 Å². The molecule has 0 aliphatic carbocycles. The van der Waals surface area contributed by atoms with Crippen LogP contribution in [0.1, 0.15) is 38.7 Å². The van der Waals surface area contributed by atoms with Crippen molar-refractivity contribution in [1.82, 2.24) is 0 Å². The molecule has 0 amide bonds. The second-order valence-electron chi connectivity index (χ2n) is 9.13. The lowest BCUT2D eigenvalue weighted by atomic mass is 9.83. The van der Waals surface area contributed by atoms with E-state index in [2.05, 4.69) is 6.07 Å². The van der Waals surface area contributed by atoms with Crippen LogP contribution in [-0.4, -0.2) is 27.3 Å². The van der Waals surface area contributed by atoms with Crippen LogP contribution in [0.15, 0.2) is 58.3 Å². The molecular formula is C30H25ClN2O7. The van der Waals surface area contributed by atoms with Crippen molar-refractivity contribution in [1.29, 1.82) is 5.26 Å². The summed E-state index contributed by atoms with van der Waals surface area (Å²) >= 11 is 6.26. The Morgan fingerprint density at radius 3 is 2.35 bits per heavy atom. The van der Waals surface area contributed by atoms with E-state index in [-0.39, 0.29) is 23.0 Å². The highest BCUT2D eigenvalue weighted by Crippen LogP contribution is 2.47. The lowest BCUT2D eigenvalue weighted by Crippen LogP contribution is -2.21. The molecule has 0 bridgehead atoms. The van der Waals surface area contributed by atoms with Gasteiger partial charge in [0.05, 0.1) is 27.2 Å². The van der Waals surface area contributed by atoms with Gasteiger partial charge in [-0.2, -0.15) is 5.26 Å². The zero-order valence-corrected chi connectivity index (χ0v) is 23.1. The fourth-order valence-electron chi connectivity index (χ4n) is 4.80. The maximum atomic E-state index is 13.1. The molecule has 1 aliphatic rings. The van der Waals surface area contributed by atoms with Gasteiger partial charge in [0.25, 0.3) is 0 Å². The Morgan fingerprint density at radius 1 is 1.02 bits per heavy atom. The number of fused-ring (bicyclic) bond motifs is 2. The van der Waals surface area contributed by atoms with E-state index in [0.29, 0.717) is 50.3 Å². The van der Waals surface area contributed by atoms with Gasteiger partial charge in [0.1, 0.15) is 28.7 Å². The first-order valence-corrected chi connectivity index (χ1v) is 12.5. The molecule has 0 radical (unpaired) electrons. The second-order valence-corrected chi connectivity index (χ2v) is 9.53. The van der Waals surface area contributed by atoms with E-state index < -0.39 is 11.9 Å². The van der Waals surface area contributed by atoms with Crippen LogP contribution in [0.3, 0.4) is 0 Å². The summed E-state index contributed by atoms with van der Waals surface area (Å²) in [6.45, 7) is 3.62. The molecule has 9 nitrogen and oxygen atoms in total. The third kappa shape index (κ3) is 4.42. The van der Waals surface area contributed by atoms with Crippen LogP contribution in [0.4, 0.5) is 0 Å². The zero-order valence-electron chi connectivity index (χ0n) is 22.4. The maximum Gasteiger partial charge on any atom is 0.379 e. The van der Waals surface area contributed by atoms with E-state index in [1.165, 1.54) is 27.4 Å². The number of benzene rings is 3. The molecule has 1 unspecified atom stereocenters. The van der Waals surface area contributed by atoms with E-state index in [1.807, 2.05) is 6.92 Å².